The Balaban J connectivity index is 1.51. The van der Waals surface area contributed by atoms with E-state index >= 15 is 0 Å². The molecule has 3 aromatic rings. The number of hydrogen-bond acceptors (Lipinski definition) is 2. The zero-order valence-electron chi connectivity index (χ0n) is 16.0. The lowest BCUT2D eigenvalue weighted by atomic mass is 9.85. The van der Waals surface area contributed by atoms with Crippen molar-refractivity contribution in [3.05, 3.63) is 108 Å². The molecule has 3 nitrogen and oxygen atoms in total. The first-order valence-electron chi connectivity index (χ1n) is 9.68. The number of amides is 1. The molecule has 4 rings (SSSR count). The maximum absolute atomic E-state index is 12.9. The second kappa shape index (κ2) is 7.81. The Kier molecular flexibility index (Phi) is 5.07. The first kappa shape index (κ1) is 18.2. The van der Waals surface area contributed by atoms with Crippen molar-refractivity contribution in [3.8, 4) is 0 Å². The number of benzene rings is 3. The SMILES string of the molecule is C/C(Cc1ccccc1)=N/NC(=O)[C@@H]1CC1(c1ccccc1)c1ccccc1. The van der Waals surface area contributed by atoms with E-state index in [2.05, 4.69) is 46.9 Å². The van der Waals surface area contributed by atoms with Gasteiger partial charge in [0.05, 0.1) is 5.92 Å². The van der Waals surface area contributed by atoms with Crippen LogP contribution in [0.2, 0.25) is 0 Å². The minimum atomic E-state index is -0.255. The molecule has 0 saturated heterocycles. The first-order chi connectivity index (χ1) is 13.7. The fourth-order valence-electron chi connectivity index (χ4n) is 4.01. The van der Waals surface area contributed by atoms with E-state index in [9.17, 15) is 4.79 Å². The quantitative estimate of drug-likeness (QED) is 0.496. The summed E-state index contributed by atoms with van der Waals surface area (Å²) in [6.45, 7) is 1.95. The van der Waals surface area contributed by atoms with Crippen LogP contribution in [0.3, 0.4) is 0 Å². The van der Waals surface area contributed by atoms with Gasteiger partial charge in [-0.1, -0.05) is 91.0 Å². The van der Waals surface area contributed by atoms with Gasteiger partial charge in [0.1, 0.15) is 0 Å². The van der Waals surface area contributed by atoms with E-state index in [4.69, 9.17) is 0 Å². The third-order valence-electron chi connectivity index (χ3n) is 5.51. The molecule has 0 unspecified atom stereocenters. The van der Waals surface area contributed by atoms with Gasteiger partial charge in [0.2, 0.25) is 5.91 Å². The highest BCUT2D eigenvalue weighted by Gasteiger charge is 2.60. The monoisotopic (exact) mass is 368 g/mol. The van der Waals surface area contributed by atoms with Crippen molar-refractivity contribution in [1.29, 1.82) is 0 Å². The highest BCUT2D eigenvalue weighted by Crippen LogP contribution is 2.58. The number of nitrogens with one attached hydrogen (secondary N) is 1. The smallest absolute Gasteiger partial charge is 0.244 e. The summed E-state index contributed by atoms with van der Waals surface area (Å²) >= 11 is 0. The van der Waals surface area contributed by atoms with Crippen LogP contribution in [-0.2, 0) is 16.6 Å². The van der Waals surface area contributed by atoms with Crippen LogP contribution >= 0.6 is 0 Å². The van der Waals surface area contributed by atoms with E-state index in [1.165, 1.54) is 16.7 Å². The number of carbonyl (C=O) groups excluding carboxylic acids is 1. The van der Waals surface area contributed by atoms with E-state index in [0.29, 0.717) is 0 Å². The van der Waals surface area contributed by atoms with Crippen LogP contribution < -0.4 is 5.43 Å². The van der Waals surface area contributed by atoms with E-state index < -0.39 is 0 Å². The molecule has 3 aromatic carbocycles. The number of nitrogens with zero attached hydrogens (tertiary/aromatic N) is 1. The van der Waals surface area contributed by atoms with Gasteiger partial charge in [0.15, 0.2) is 0 Å². The lowest BCUT2D eigenvalue weighted by Gasteiger charge is -2.18. The summed E-state index contributed by atoms with van der Waals surface area (Å²) in [5.41, 5.74) is 7.01. The Morgan fingerprint density at radius 3 is 1.93 bits per heavy atom. The zero-order chi connectivity index (χ0) is 19.4. The normalized spacial score (nSPS) is 17.8. The van der Waals surface area contributed by atoms with Gasteiger partial charge in [-0.05, 0) is 30.0 Å². The predicted molar refractivity (Wildman–Crippen MR) is 113 cm³/mol. The van der Waals surface area contributed by atoms with Crippen molar-refractivity contribution < 1.29 is 4.79 Å². The van der Waals surface area contributed by atoms with Crippen LogP contribution in [0.4, 0.5) is 0 Å². The van der Waals surface area contributed by atoms with E-state index in [1.54, 1.807) is 0 Å². The summed E-state index contributed by atoms with van der Waals surface area (Å²) in [4.78, 5) is 12.9. The molecule has 0 aliphatic heterocycles. The van der Waals surface area contributed by atoms with Crippen molar-refractivity contribution in [2.24, 2.45) is 11.0 Å². The van der Waals surface area contributed by atoms with E-state index in [-0.39, 0.29) is 17.2 Å². The lowest BCUT2D eigenvalue weighted by molar-refractivity contribution is -0.122. The highest BCUT2D eigenvalue weighted by molar-refractivity contribution is 5.89. The van der Waals surface area contributed by atoms with Crippen molar-refractivity contribution in [2.45, 2.75) is 25.2 Å². The van der Waals surface area contributed by atoms with Crippen LogP contribution in [0.25, 0.3) is 0 Å². The van der Waals surface area contributed by atoms with Crippen molar-refractivity contribution >= 4 is 11.6 Å². The van der Waals surface area contributed by atoms with Crippen molar-refractivity contribution in [1.82, 2.24) is 5.43 Å². The number of rotatable bonds is 6. The molecule has 1 atom stereocenters. The summed E-state index contributed by atoms with van der Waals surface area (Å²) in [5.74, 6) is -0.120. The largest absolute Gasteiger partial charge is 0.273 e. The van der Waals surface area contributed by atoms with Crippen LogP contribution in [-0.4, -0.2) is 11.6 Å². The molecule has 0 spiro atoms. The summed E-state index contributed by atoms with van der Waals surface area (Å²) in [7, 11) is 0. The molecule has 1 saturated carbocycles. The number of hydrogen-bond donors (Lipinski definition) is 1. The Hall–Kier alpha value is -3.20. The summed E-state index contributed by atoms with van der Waals surface area (Å²) in [6.07, 6.45) is 1.54. The highest BCUT2D eigenvalue weighted by atomic mass is 16.2. The maximum Gasteiger partial charge on any atom is 0.244 e. The van der Waals surface area contributed by atoms with Crippen LogP contribution in [0.15, 0.2) is 96.1 Å². The molecule has 0 heterocycles. The minimum absolute atomic E-state index is 0.0138. The standard InChI is InChI=1S/C25H24N2O/c1-19(17-20-11-5-2-6-12-20)26-27-24(28)23-18-25(23,21-13-7-3-8-14-21)22-15-9-4-10-16-22/h2-16,23H,17-18H2,1H3,(H,27,28)/b26-19-/t23-/m0/s1. The second-order valence-electron chi connectivity index (χ2n) is 7.45. The molecule has 0 aromatic heterocycles. The minimum Gasteiger partial charge on any atom is -0.273 e. The van der Waals surface area contributed by atoms with Crippen LogP contribution in [0.1, 0.15) is 30.0 Å². The van der Waals surface area contributed by atoms with Gasteiger partial charge in [0.25, 0.3) is 0 Å². The van der Waals surface area contributed by atoms with Crippen LogP contribution in [0.5, 0.6) is 0 Å². The average Bonchev–Trinajstić information content (AvgIpc) is 3.51. The summed E-state index contributed by atoms with van der Waals surface area (Å²) < 4.78 is 0. The Labute approximate surface area is 166 Å². The fourth-order valence-corrected chi connectivity index (χ4v) is 4.01. The topological polar surface area (TPSA) is 41.5 Å². The van der Waals surface area contributed by atoms with Gasteiger partial charge in [-0.15, -0.1) is 0 Å². The first-order valence-corrected chi connectivity index (χ1v) is 9.68. The zero-order valence-corrected chi connectivity index (χ0v) is 16.0. The number of hydrazone groups is 1. The van der Waals surface area contributed by atoms with Gasteiger partial charge >= 0.3 is 0 Å². The molecule has 1 aliphatic carbocycles. The molecule has 0 radical (unpaired) electrons. The van der Waals surface area contributed by atoms with Gasteiger partial charge < -0.3 is 0 Å². The predicted octanol–water partition coefficient (Wildman–Crippen LogP) is 4.73. The Morgan fingerprint density at radius 2 is 1.39 bits per heavy atom. The number of carbonyl (C=O) groups is 1. The van der Waals surface area contributed by atoms with Crippen molar-refractivity contribution in [2.75, 3.05) is 0 Å². The third-order valence-corrected chi connectivity index (χ3v) is 5.51. The molecular weight excluding hydrogens is 344 g/mol. The molecular formula is C25H24N2O. The summed E-state index contributed by atoms with van der Waals surface area (Å²) in [6, 6.07) is 30.8. The molecule has 1 amide bonds. The van der Waals surface area contributed by atoms with E-state index in [1.807, 2.05) is 61.5 Å². The second-order valence-corrected chi connectivity index (χ2v) is 7.45. The molecule has 140 valence electrons. The Bertz CT molecular complexity index is 926. The van der Waals surface area contributed by atoms with Gasteiger partial charge in [-0.2, -0.15) is 5.10 Å². The Morgan fingerprint density at radius 1 is 0.893 bits per heavy atom. The lowest BCUT2D eigenvalue weighted by Crippen LogP contribution is -2.26. The average molecular weight is 368 g/mol. The molecule has 1 fully saturated rings. The van der Waals surface area contributed by atoms with Gasteiger partial charge in [0, 0.05) is 17.5 Å². The van der Waals surface area contributed by atoms with Crippen molar-refractivity contribution in [3.63, 3.8) is 0 Å². The molecule has 0 bridgehead atoms. The maximum atomic E-state index is 12.9. The van der Waals surface area contributed by atoms with E-state index in [0.717, 1.165) is 18.6 Å². The molecule has 28 heavy (non-hydrogen) atoms. The molecule has 1 N–H and O–H groups in total. The molecule has 3 heteroatoms. The third kappa shape index (κ3) is 3.61. The van der Waals surface area contributed by atoms with Gasteiger partial charge in [-0.3, -0.25) is 4.79 Å². The van der Waals surface area contributed by atoms with Crippen LogP contribution in [0, 0.1) is 5.92 Å². The fraction of sp³-hybridized carbons (Fsp3) is 0.200. The molecule has 1 aliphatic rings. The van der Waals surface area contributed by atoms with Gasteiger partial charge in [-0.25, -0.2) is 5.43 Å². The summed E-state index contributed by atoms with van der Waals surface area (Å²) in [5, 5.41) is 4.35.